The number of benzene rings is 2. The van der Waals surface area contributed by atoms with Crippen LogP contribution in [0.4, 0.5) is 14.5 Å². The minimum absolute atomic E-state index is 0.0529. The summed E-state index contributed by atoms with van der Waals surface area (Å²) in [4.78, 5) is -0.562. The Morgan fingerprint density at radius 3 is 2.23 bits per heavy atom. The number of nitrogens with zero attached hydrogens (tertiary/aromatic N) is 1. The maximum atomic E-state index is 12.6. The number of hydrogen-bond acceptors (Lipinski definition) is 6. The van der Waals surface area contributed by atoms with E-state index in [2.05, 4.69) is 9.46 Å². The Labute approximate surface area is 178 Å². The van der Waals surface area contributed by atoms with Crippen molar-refractivity contribution in [3.63, 3.8) is 0 Å². The van der Waals surface area contributed by atoms with Crippen LogP contribution in [0.3, 0.4) is 0 Å². The molecule has 0 radical (unpaired) electrons. The minimum atomic E-state index is -4.22. The molecule has 0 fully saturated rings. The lowest BCUT2D eigenvalue weighted by Crippen LogP contribution is -2.23. The Morgan fingerprint density at radius 1 is 1.07 bits per heavy atom. The summed E-state index contributed by atoms with van der Waals surface area (Å²) >= 11 is 5.81. The van der Waals surface area contributed by atoms with Crippen LogP contribution in [0, 0.1) is 0 Å². The second-order valence-electron chi connectivity index (χ2n) is 5.96. The molecular weight excluding hydrogens is 466 g/mol. The number of rotatable bonds is 9. The predicted molar refractivity (Wildman–Crippen MR) is 107 cm³/mol. The first kappa shape index (κ1) is 24.1. The Hall–Kier alpha value is -2.15. The fraction of sp³-hybridized carbons (Fsp3) is 0.294. The lowest BCUT2D eigenvalue weighted by atomic mass is 10.3. The molecular formula is C17H19ClF2N2O6S2. The van der Waals surface area contributed by atoms with E-state index in [0.717, 1.165) is 28.6 Å². The van der Waals surface area contributed by atoms with Crippen molar-refractivity contribution in [3.05, 3.63) is 41.4 Å². The molecule has 0 saturated heterocycles. The normalized spacial score (nSPS) is 12.3. The molecule has 0 heterocycles. The van der Waals surface area contributed by atoms with Crippen LogP contribution in [0.2, 0.25) is 5.02 Å². The molecule has 0 bridgehead atoms. The van der Waals surface area contributed by atoms with Gasteiger partial charge in [0.15, 0.2) is 0 Å². The molecule has 0 aliphatic heterocycles. The summed E-state index contributed by atoms with van der Waals surface area (Å²) < 4.78 is 87.8. The maximum absolute atomic E-state index is 12.6. The Kier molecular flexibility index (Phi) is 7.50. The van der Waals surface area contributed by atoms with Gasteiger partial charge in [-0.1, -0.05) is 11.6 Å². The van der Waals surface area contributed by atoms with Gasteiger partial charge in [0.05, 0.1) is 22.2 Å². The molecule has 2 aromatic carbocycles. The Bertz CT molecular complexity index is 1130. The summed E-state index contributed by atoms with van der Waals surface area (Å²) in [5.74, 6) is -0.322. The van der Waals surface area contributed by atoms with E-state index >= 15 is 0 Å². The highest BCUT2D eigenvalue weighted by molar-refractivity contribution is 7.92. The second kappa shape index (κ2) is 9.33. The van der Waals surface area contributed by atoms with Crippen LogP contribution in [-0.2, 0) is 20.0 Å². The van der Waals surface area contributed by atoms with E-state index in [1.165, 1.54) is 26.2 Å². The number of sulfonamides is 2. The van der Waals surface area contributed by atoms with Gasteiger partial charge in [-0.05, 0) is 43.3 Å². The van der Waals surface area contributed by atoms with Gasteiger partial charge in [0.25, 0.3) is 10.0 Å². The molecule has 2 rings (SSSR count). The summed E-state index contributed by atoms with van der Waals surface area (Å²) in [5.41, 5.74) is -0.0529. The third kappa shape index (κ3) is 5.50. The minimum Gasteiger partial charge on any atom is -0.492 e. The number of halogens is 3. The van der Waals surface area contributed by atoms with Crippen LogP contribution in [0.25, 0.3) is 0 Å². The van der Waals surface area contributed by atoms with E-state index in [0.29, 0.717) is 0 Å². The van der Waals surface area contributed by atoms with Crippen LogP contribution in [0.5, 0.6) is 11.5 Å². The van der Waals surface area contributed by atoms with E-state index in [1.807, 2.05) is 0 Å². The third-order valence-electron chi connectivity index (χ3n) is 3.68. The lowest BCUT2D eigenvalue weighted by molar-refractivity contribution is -0.0498. The van der Waals surface area contributed by atoms with Crippen molar-refractivity contribution < 1.29 is 35.1 Å². The van der Waals surface area contributed by atoms with Gasteiger partial charge in [0, 0.05) is 14.1 Å². The molecule has 13 heteroatoms. The molecule has 2 aromatic rings. The van der Waals surface area contributed by atoms with Gasteiger partial charge < -0.3 is 9.47 Å². The molecule has 0 aliphatic rings. The summed E-state index contributed by atoms with van der Waals surface area (Å²) in [6, 6.07) is 6.72. The van der Waals surface area contributed by atoms with Crippen molar-refractivity contribution in [3.8, 4) is 11.5 Å². The molecule has 0 amide bonds. The smallest absolute Gasteiger partial charge is 0.387 e. The van der Waals surface area contributed by atoms with Crippen LogP contribution in [0.15, 0.2) is 46.2 Å². The van der Waals surface area contributed by atoms with Gasteiger partial charge >= 0.3 is 6.61 Å². The van der Waals surface area contributed by atoms with Gasteiger partial charge in [0.1, 0.15) is 16.4 Å². The molecule has 0 saturated carbocycles. The quantitative estimate of drug-likeness (QED) is 0.585. The van der Waals surface area contributed by atoms with Crippen molar-refractivity contribution in [1.82, 2.24) is 4.31 Å². The van der Waals surface area contributed by atoms with E-state index in [-0.39, 0.29) is 38.6 Å². The fourth-order valence-corrected chi connectivity index (χ4v) is 4.71. The highest BCUT2D eigenvalue weighted by atomic mass is 35.5. The maximum Gasteiger partial charge on any atom is 0.387 e. The summed E-state index contributed by atoms with van der Waals surface area (Å²) in [6.45, 7) is -1.25. The first-order chi connectivity index (χ1) is 13.9. The van der Waals surface area contributed by atoms with Crippen molar-refractivity contribution >= 4 is 37.3 Å². The van der Waals surface area contributed by atoms with Crippen molar-refractivity contribution in [2.24, 2.45) is 0 Å². The number of anilines is 1. The number of alkyl halides is 2. The number of hydrogen-bond donors (Lipinski definition) is 1. The zero-order valence-electron chi connectivity index (χ0n) is 16.1. The molecule has 0 spiro atoms. The van der Waals surface area contributed by atoms with Crippen LogP contribution < -0.4 is 14.2 Å². The van der Waals surface area contributed by atoms with Gasteiger partial charge in [-0.2, -0.15) is 8.78 Å². The van der Waals surface area contributed by atoms with Crippen molar-refractivity contribution in [2.45, 2.75) is 23.3 Å². The highest BCUT2D eigenvalue weighted by Gasteiger charge is 2.24. The van der Waals surface area contributed by atoms with Crippen LogP contribution in [0.1, 0.15) is 6.92 Å². The van der Waals surface area contributed by atoms with Crippen molar-refractivity contribution in [1.29, 1.82) is 0 Å². The molecule has 166 valence electrons. The van der Waals surface area contributed by atoms with Gasteiger partial charge in [-0.15, -0.1) is 0 Å². The standard InChI is InChI=1S/C17H19ClF2N2O6S2/c1-4-27-15-7-5-11(9-16(15)30(25,26)22(2)3)21-29(23,24)12-6-8-14(13(18)10-12)28-17(19)20/h5-10,17,21H,4H2,1-3H3. The molecule has 0 aromatic heterocycles. The van der Waals surface area contributed by atoms with E-state index in [4.69, 9.17) is 16.3 Å². The van der Waals surface area contributed by atoms with E-state index in [1.54, 1.807) is 6.92 Å². The monoisotopic (exact) mass is 484 g/mol. The van der Waals surface area contributed by atoms with Crippen LogP contribution >= 0.6 is 11.6 Å². The summed E-state index contributed by atoms with van der Waals surface area (Å²) in [5, 5.41) is -0.333. The third-order valence-corrected chi connectivity index (χ3v) is 7.19. The molecule has 1 N–H and O–H groups in total. The largest absolute Gasteiger partial charge is 0.492 e. The lowest BCUT2D eigenvalue weighted by Gasteiger charge is -2.17. The van der Waals surface area contributed by atoms with Crippen molar-refractivity contribution in [2.75, 3.05) is 25.4 Å². The highest BCUT2D eigenvalue weighted by Crippen LogP contribution is 2.32. The van der Waals surface area contributed by atoms with Crippen LogP contribution in [-0.4, -0.2) is 48.5 Å². The average molecular weight is 485 g/mol. The molecule has 0 unspecified atom stereocenters. The SMILES string of the molecule is CCOc1ccc(NS(=O)(=O)c2ccc(OC(F)F)c(Cl)c2)cc1S(=O)(=O)N(C)C. The molecule has 8 nitrogen and oxygen atoms in total. The zero-order valence-corrected chi connectivity index (χ0v) is 18.5. The average Bonchev–Trinajstić information content (AvgIpc) is 2.64. The van der Waals surface area contributed by atoms with E-state index < -0.39 is 26.7 Å². The predicted octanol–water partition coefficient (Wildman–Crippen LogP) is 3.39. The molecule has 0 atom stereocenters. The summed E-state index contributed by atoms with van der Waals surface area (Å²) in [7, 11) is -5.49. The fourth-order valence-electron chi connectivity index (χ4n) is 2.30. The van der Waals surface area contributed by atoms with Gasteiger partial charge in [-0.25, -0.2) is 21.1 Å². The second-order valence-corrected chi connectivity index (χ2v) is 10.2. The first-order valence-corrected chi connectivity index (χ1v) is 11.6. The summed E-state index contributed by atoms with van der Waals surface area (Å²) in [6.07, 6.45) is 0. The Morgan fingerprint density at radius 2 is 1.70 bits per heavy atom. The van der Waals surface area contributed by atoms with Gasteiger partial charge in [-0.3, -0.25) is 4.72 Å². The Balaban J connectivity index is 2.43. The number of nitrogens with one attached hydrogen (secondary N) is 1. The molecule has 30 heavy (non-hydrogen) atoms. The zero-order chi connectivity index (χ0) is 22.7. The first-order valence-electron chi connectivity index (χ1n) is 8.35. The van der Waals surface area contributed by atoms with Gasteiger partial charge in [0.2, 0.25) is 10.0 Å². The molecule has 0 aliphatic carbocycles. The number of ether oxygens (including phenoxy) is 2. The van der Waals surface area contributed by atoms with E-state index in [9.17, 15) is 25.6 Å². The topological polar surface area (TPSA) is 102 Å².